The van der Waals surface area contributed by atoms with Crippen LogP contribution in [0.2, 0.25) is 0 Å². The van der Waals surface area contributed by atoms with E-state index in [0.717, 1.165) is 27.2 Å². The van der Waals surface area contributed by atoms with E-state index in [-0.39, 0.29) is 6.10 Å². The van der Waals surface area contributed by atoms with Crippen molar-refractivity contribution in [2.45, 2.75) is 26.4 Å². The lowest BCUT2D eigenvalue weighted by atomic mass is 10.1. The van der Waals surface area contributed by atoms with Crippen LogP contribution in [0.15, 0.2) is 28.7 Å². The van der Waals surface area contributed by atoms with Crippen molar-refractivity contribution in [1.82, 2.24) is 4.98 Å². The van der Waals surface area contributed by atoms with Gasteiger partial charge in [-0.1, -0.05) is 28.1 Å². The molecule has 1 unspecified atom stereocenters. The third-order valence-electron chi connectivity index (χ3n) is 2.80. The van der Waals surface area contributed by atoms with Crippen molar-refractivity contribution < 1.29 is 4.74 Å². The lowest BCUT2D eigenvalue weighted by Crippen LogP contribution is -2.08. The highest BCUT2D eigenvalue weighted by Crippen LogP contribution is 2.29. The summed E-state index contributed by atoms with van der Waals surface area (Å²) in [6.07, 6.45) is 1.08. The summed E-state index contributed by atoms with van der Waals surface area (Å²) >= 11 is 5.25. The Morgan fingerprint density at radius 1 is 1.44 bits per heavy atom. The Morgan fingerprint density at radius 3 is 2.89 bits per heavy atom. The van der Waals surface area contributed by atoms with Gasteiger partial charge >= 0.3 is 0 Å². The van der Waals surface area contributed by atoms with Crippen LogP contribution in [0.3, 0.4) is 0 Å². The molecule has 0 radical (unpaired) electrons. The predicted octanol–water partition coefficient (Wildman–Crippen LogP) is 4.46. The second-order valence-corrected chi connectivity index (χ2v) is 6.48. The molecule has 1 heterocycles. The summed E-state index contributed by atoms with van der Waals surface area (Å²) < 4.78 is 6.37. The number of aryl methyl sites for hydroxylation is 1. The molecular formula is C14H16BrNOS. The van der Waals surface area contributed by atoms with Gasteiger partial charge < -0.3 is 4.74 Å². The van der Waals surface area contributed by atoms with Crippen LogP contribution in [-0.2, 0) is 11.2 Å². The maximum atomic E-state index is 5.29. The quantitative estimate of drug-likeness (QED) is 0.828. The number of aromatic nitrogens is 1. The van der Waals surface area contributed by atoms with Crippen molar-refractivity contribution in [3.63, 3.8) is 0 Å². The molecule has 0 spiro atoms. The summed E-state index contributed by atoms with van der Waals surface area (Å²) in [5.41, 5.74) is 2.24. The molecule has 96 valence electrons. The summed E-state index contributed by atoms with van der Waals surface area (Å²) in [7, 11) is 1.74. The number of rotatable bonds is 4. The summed E-state index contributed by atoms with van der Waals surface area (Å²) in [6, 6.07) is 8.26. The van der Waals surface area contributed by atoms with Gasteiger partial charge in [0.25, 0.3) is 0 Å². The van der Waals surface area contributed by atoms with E-state index in [2.05, 4.69) is 41.9 Å². The molecule has 2 aromatic rings. The lowest BCUT2D eigenvalue weighted by Gasteiger charge is -2.05. The zero-order chi connectivity index (χ0) is 13.1. The van der Waals surface area contributed by atoms with Crippen molar-refractivity contribution in [3.8, 4) is 11.3 Å². The van der Waals surface area contributed by atoms with Gasteiger partial charge in [0.1, 0.15) is 0 Å². The molecule has 0 aliphatic heterocycles. The first-order chi connectivity index (χ1) is 8.60. The van der Waals surface area contributed by atoms with Crippen LogP contribution in [0.4, 0.5) is 0 Å². The van der Waals surface area contributed by atoms with Crippen LogP contribution < -0.4 is 0 Å². The number of hydrogen-bond donors (Lipinski definition) is 0. The van der Waals surface area contributed by atoms with Crippen LogP contribution in [0.5, 0.6) is 0 Å². The minimum atomic E-state index is 0.214. The minimum Gasteiger partial charge on any atom is -0.381 e. The van der Waals surface area contributed by atoms with Crippen molar-refractivity contribution in [1.29, 1.82) is 0 Å². The largest absolute Gasteiger partial charge is 0.381 e. The summed E-state index contributed by atoms with van der Waals surface area (Å²) in [4.78, 5) is 5.98. The third kappa shape index (κ3) is 3.19. The third-order valence-corrected chi connectivity index (χ3v) is 4.29. The van der Waals surface area contributed by atoms with Crippen LogP contribution in [-0.4, -0.2) is 18.2 Å². The van der Waals surface area contributed by atoms with E-state index in [0.29, 0.717) is 0 Å². The number of hydrogen-bond acceptors (Lipinski definition) is 3. The highest BCUT2D eigenvalue weighted by Gasteiger charge is 2.12. The van der Waals surface area contributed by atoms with E-state index in [9.17, 15) is 0 Å². The van der Waals surface area contributed by atoms with Gasteiger partial charge in [-0.2, -0.15) is 0 Å². The fourth-order valence-corrected chi connectivity index (χ4v) is 3.24. The smallest absolute Gasteiger partial charge is 0.0961 e. The molecule has 1 aromatic heterocycles. The normalized spacial score (nSPS) is 12.7. The Bertz CT molecular complexity index is 538. The molecule has 0 saturated heterocycles. The van der Waals surface area contributed by atoms with E-state index in [1.807, 2.05) is 12.1 Å². The van der Waals surface area contributed by atoms with E-state index >= 15 is 0 Å². The Labute approximate surface area is 120 Å². The number of methoxy groups -OCH3 is 1. The second-order valence-electron chi connectivity index (χ2n) is 4.27. The topological polar surface area (TPSA) is 22.1 Å². The summed E-state index contributed by atoms with van der Waals surface area (Å²) in [6.45, 7) is 4.18. The van der Waals surface area contributed by atoms with Gasteiger partial charge in [-0.3, -0.25) is 0 Å². The van der Waals surface area contributed by atoms with Gasteiger partial charge in [0.05, 0.1) is 16.8 Å². The van der Waals surface area contributed by atoms with Gasteiger partial charge in [-0.15, -0.1) is 11.3 Å². The molecule has 0 aliphatic carbocycles. The maximum Gasteiger partial charge on any atom is 0.0961 e. The minimum absolute atomic E-state index is 0.214. The zero-order valence-corrected chi connectivity index (χ0v) is 13.1. The Hall–Kier alpha value is -0.710. The van der Waals surface area contributed by atoms with Gasteiger partial charge in [0.15, 0.2) is 0 Å². The van der Waals surface area contributed by atoms with Crippen molar-refractivity contribution in [2.75, 3.05) is 7.11 Å². The van der Waals surface area contributed by atoms with E-state index in [1.54, 1.807) is 18.4 Å². The van der Waals surface area contributed by atoms with Crippen molar-refractivity contribution >= 4 is 27.3 Å². The van der Waals surface area contributed by atoms with E-state index < -0.39 is 0 Å². The highest BCUT2D eigenvalue weighted by atomic mass is 79.9. The monoisotopic (exact) mass is 325 g/mol. The van der Waals surface area contributed by atoms with Gasteiger partial charge in [-0.25, -0.2) is 4.98 Å². The number of ether oxygens (including phenoxy) is 1. The van der Waals surface area contributed by atoms with Gasteiger partial charge in [-0.05, 0) is 26.0 Å². The van der Waals surface area contributed by atoms with E-state index in [4.69, 9.17) is 9.72 Å². The number of halogens is 1. The molecule has 18 heavy (non-hydrogen) atoms. The van der Waals surface area contributed by atoms with E-state index in [1.165, 1.54) is 4.88 Å². The highest BCUT2D eigenvalue weighted by molar-refractivity contribution is 9.10. The average molecular weight is 326 g/mol. The molecule has 4 heteroatoms. The average Bonchev–Trinajstić information content (AvgIpc) is 2.70. The first-order valence-electron chi connectivity index (χ1n) is 5.85. The van der Waals surface area contributed by atoms with Gasteiger partial charge in [0, 0.05) is 28.4 Å². The van der Waals surface area contributed by atoms with Crippen LogP contribution >= 0.6 is 27.3 Å². The molecule has 2 nitrogen and oxygen atoms in total. The lowest BCUT2D eigenvalue weighted by molar-refractivity contribution is 0.119. The summed E-state index contributed by atoms with van der Waals surface area (Å²) in [5.74, 6) is 0. The SMILES string of the molecule is COC(C)Cc1nc(-c2cccc(Br)c2)c(C)s1. The molecule has 2 rings (SSSR count). The van der Waals surface area contributed by atoms with Crippen molar-refractivity contribution in [2.24, 2.45) is 0 Å². The molecule has 1 atom stereocenters. The first-order valence-corrected chi connectivity index (χ1v) is 7.46. The molecule has 0 saturated carbocycles. The fourth-order valence-electron chi connectivity index (χ4n) is 1.77. The molecule has 0 bridgehead atoms. The van der Waals surface area contributed by atoms with Crippen LogP contribution in [0.25, 0.3) is 11.3 Å². The summed E-state index contributed by atoms with van der Waals surface area (Å²) in [5, 5.41) is 1.14. The molecule has 0 N–H and O–H groups in total. The second kappa shape index (κ2) is 5.95. The molecule has 0 fully saturated rings. The molecule has 1 aromatic carbocycles. The number of benzene rings is 1. The fraction of sp³-hybridized carbons (Fsp3) is 0.357. The number of thiazole rings is 1. The Kier molecular flexibility index (Phi) is 4.54. The number of nitrogens with zero attached hydrogens (tertiary/aromatic N) is 1. The van der Waals surface area contributed by atoms with Crippen LogP contribution in [0, 0.1) is 6.92 Å². The van der Waals surface area contributed by atoms with Gasteiger partial charge in [0.2, 0.25) is 0 Å². The van der Waals surface area contributed by atoms with Crippen LogP contribution in [0.1, 0.15) is 16.8 Å². The standard InChI is InChI=1S/C14H16BrNOS/c1-9(17-3)7-13-16-14(10(2)18-13)11-5-4-6-12(15)8-11/h4-6,8-9H,7H2,1-3H3. The predicted molar refractivity (Wildman–Crippen MR) is 80.2 cm³/mol. The molecule has 0 aliphatic rings. The maximum absolute atomic E-state index is 5.29. The van der Waals surface area contributed by atoms with Crippen molar-refractivity contribution in [3.05, 3.63) is 38.6 Å². The first kappa shape index (κ1) is 13.7. The zero-order valence-electron chi connectivity index (χ0n) is 10.7. The molecular weight excluding hydrogens is 310 g/mol. The Morgan fingerprint density at radius 2 is 2.22 bits per heavy atom. The Balaban J connectivity index is 2.29. The molecule has 0 amide bonds.